The highest BCUT2D eigenvalue weighted by atomic mass is 16.3. The average molecular weight is 207 g/mol. The van der Waals surface area contributed by atoms with Crippen LogP contribution >= 0.6 is 0 Å². The predicted octanol–water partition coefficient (Wildman–Crippen LogP) is 1.41. The molecule has 0 bridgehead atoms. The molecule has 1 aromatic carbocycles. The maximum absolute atomic E-state index is 11.7. The Bertz CT molecular complexity index is 361. The van der Waals surface area contributed by atoms with Crippen LogP contribution < -0.4 is 5.32 Å². The van der Waals surface area contributed by atoms with Crippen LogP contribution in [0.25, 0.3) is 0 Å². The van der Waals surface area contributed by atoms with E-state index in [1.54, 1.807) is 6.92 Å². The molecule has 0 aliphatic heterocycles. The molecule has 0 unspecified atom stereocenters. The van der Waals surface area contributed by atoms with Crippen molar-refractivity contribution >= 4 is 5.91 Å². The van der Waals surface area contributed by atoms with Crippen molar-refractivity contribution in [2.24, 2.45) is 0 Å². The minimum absolute atomic E-state index is 0.0450. The summed E-state index contributed by atoms with van der Waals surface area (Å²) >= 11 is 0. The Morgan fingerprint density at radius 3 is 2.67 bits per heavy atom. The molecule has 1 rings (SSSR count). The molecule has 1 atom stereocenters. The fraction of sp³-hybridized carbons (Fsp3) is 0.417. The summed E-state index contributed by atoms with van der Waals surface area (Å²) < 4.78 is 0. The third-order valence-corrected chi connectivity index (χ3v) is 2.28. The molecule has 2 N–H and O–H groups in total. The first kappa shape index (κ1) is 11.7. The molecule has 3 heteroatoms. The van der Waals surface area contributed by atoms with Gasteiger partial charge < -0.3 is 10.4 Å². The molecule has 3 nitrogen and oxygen atoms in total. The second kappa shape index (κ2) is 4.94. The lowest BCUT2D eigenvalue weighted by atomic mass is 10.1. The molecule has 0 aliphatic carbocycles. The molecule has 0 heterocycles. The maximum atomic E-state index is 11.7. The summed E-state index contributed by atoms with van der Waals surface area (Å²) in [4.78, 5) is 11.7. The topological polar surface area (TPSA) is 49.3 Å². The van der Waals surface area contributed by atoms with Crippen LogP contribution in [0.15, 0.2) is 18.2 Å². The van der Waals surface area contributed by atoms with E-state index in [1.807, 2.05) is 32.0 Å². The van der Waals surface area contributed by atoms with Gasteiger partial charge in [0.25, 0.3) is 5.91 Å². The number of hydrogen-bond acceptors (Lipinski definition) is 2. The van der Waals surface area contributed by atoms with Crippen LogP contribution in [0, 0.1) is 13.8 Å². The van der Waals surface area contributed by atoms with Crippen molar-refractivity contribution in [3.63, 3.8) is 0 Å². The number of aliphatic hydroxyl groups excluding tert-OH is 1. The molecular weight excluding hydrogens is 190 g/mol. The Balaban J connectivity index is 2.82. The zero-order chi connectivity index (χ0) is 11.4. The second-order valence-corrected chi connectivity index (χ2v) is 3.88. The van der Waals surface area contributed by atoms with Gasteiger partial charge in [0, 0.05) is 11.6 Å². The van der Waals surface area contributed by atoms with Crippen molar-refractivity contribution in [3.05, 3.63) is 34.9 Å². The van der Waals surface area contributed by atoms with Gasteiger partial charge in [-0.25, -0.2) is 0 Å². The van der Waals surface area contributed by atoms with Crippen molar-refractivity contribution < 1.29 is 9.90 Å². The highest BCUT2D eigenvalue weighted by Crippen LogP contribution is 2.10. The van der Waals surface area contributed by atoms with Crippen molar-refractivity contribution in [1.82, 2.24) is 5.32 Å². The Morgan fingerprint density at radius 1 is 1.47 bits per heavy atom. The van der Waals surface area contributed by atoms with Crippen molar-refractivity contribution in [3.8, 4) is 0 Å². The lowest BCUT2D eigenvalue weighted by molar-refractivity contribution is 0.0921. The van der Waals surface area contributed by atoms with Gasteiger partial charge in [-0.2, -0.15) is 0 Å². The number of carbonyl (C=O) groups is 1. The number of carbonyl (C=O) groups excluding carboxylic acids is 1. The molecule has 1 amide bonds. The number of aryl methyl sites for hydroxylation is 2. The molecule has 0 saturated heterocycles. The van der Waals surface area contributed by atoms with Crippen molar-refractivity contribution in [2.75, 3.05) is 6.61 Å². The maximum Gasteiger partial charge on any atom is 0.251 e. The van der Waals surface area contributed by atoms with Gasteiger partial charge in [-0.1, -0.05) is 17.7 Å². The first-order valence-electron chi connectivity index (χ1n) is 5.03. The monoisotopic (exact) mass is 207 g/mol. The summed E-state index contributed by atoms with van der Waals surface area (Å²) in [5.74, 6) is -0.131. The molecular formula is C12H17NO2. The lowest BCUT2D eigenvalue weighted by Gasteiger charge is -2.12. The van der Waals surface area contributed by atoms with Gasteiger partial charge in [0.15, 0.2) is 0 Å². The minimum atomic E-state index is -0.210. The van der Waals surface area contributed by atoms with E-state index in [0.29, 0.717) is 5.56 Å². The molecule has 0 fully saturated rings. The highest BCUT2D eigenvalue weighted by molar-refractivity contribution is 5.95. The van der Waals surface area contributed by atoms with Gasteiger partial charge in [-0.3, -0.25) is 4.79 Å². The first-order valence-corrected chi connectivity index (χ1v) is 5.03. The van der Waals surface area contributed by atoms with E-state index in [-0.39, 0.29) is 18.6 Å². The van der Waals surface area contributed by atoms with E-state index in [2.05, 4.69) is 5.32 Å². The van der Waals surface area contributed by atoms with Crippen LogP contribution in [0.2, 0.25) is 0 Å². The van der Waals surface area contributed by atoms with Gasteiger partial charge in [0.2, 0.25) is 0 Å². The molecule has 82 valence electrons. The molecule has 0 radical (unpaired) electrons. The third kappa shape index (κ3) is 3.06. The summed E-state index contributed by atoms with van der Waals surface area (Å²) in [5, 5.41) is 11.5. The van der Waals surface area contributed by atoms with E-state index in [0.717, 1.165) is 11.1 Å². The number of benzene rings is 1. The molecule has 0 aliphatic rings. The van der Waals surface area contributed by atoms with E-state index in [9.17, 15) is 4.79 Å². The number of hydrogen-bond donors (Lipinski definition) is 2. The summed E-state index contributed by atoms with van der Waals surface area (Å²) in [6, 6.07) is 5.48. The summed E-state index contributed by atoms with van der Waals surface area (Å²) in [6.45, 7) is 5.62. The highest BCUT2D eigenvalue weighted by Gasteiger charge is 2.10. The Labute approximate surface area is 90.1 Å². The van der Waals surface area contributed by atoms with E-state index >= 15 is 0 Å². The Kier molecular flexibility index (Phi) is 3.86. The normalized spacial score (nSPS) is 12.3. The van der Waals surface area contributed by atoms with Crippen LogP contribution in [0.5, 0.6) is 0 Å². The third-order valence-electron chi connectivity index (χ3n) is 2.28. The molecule has 1 aromatic rings. The Hall–Kier alpha value is -1.35. The average Bonchev–Trinajstić information content (AvgIpc) is 2.17. The van der Waals surface area contributed by atoms with Crippen LogP contribution in [0.3, 0.4) is 0 Å². The molecule has 0 saturated carbocycles. The summed E-state index contributed by atoms with van der Waals surface area (Å²) in [6.07, 6.45) is 0. The number of nitrogens with one attached hydrogen (secondary N) is 1. The minimum Gasteiger partial charge on any atom is -0.394 e. The van der Waals surface area contributed by atoms with Gasteiger partial charge in [-0.05, 0) is 32.4 Å². The van der Waals surface area contributed by atoms with Crippen LogP contribution in [0.1, 0.15) is 28.4 Å². The fourth-order valence-corrected chi connectivity index (χ4v) is 1.42. The largest absolute Gasteiger partial charge is 0.394 e. The molecule has 0 spiro atoms. The zero-order valence-electron chi connectivity index (χ0n) is 9.37. The van der Waals surface area contributed by atoms with Crippen molar-refractivity contribution in [2.45, 2.75) is 26.8 Å². The standard InChI is InChI=1S/C12H17NO2/c1-8-4-5-11(9(2)6-8)12(15)13-10(3)7-14/h4-6,10,14H,7H2,1-3H3,(H,13,15)/t10-/m0/s1. The predicted molar refractivity (Wildman–Crippen MR) is 59.9 cm³/mol. The lowest BCUT2D eigenvalue weighted by Crippen LogP contribution is -2.35. The Morgan fingerprint density at radius 2 is 2.13 bits per heavy atom. The number of aliphatic hydroxyl groups is 1. The van der Waals surface area contributed by atoms with Crippen LogP contribution in [-0.2, 0) is 0 Å². The van der Waals surface area contributed by atoms with E-state index in [4.69, 9.17) is 5.11 Å². The van der Waals surface area contributed by atoms with Crippen molar-refractivity contribution in [1.29, 1.82) is 0 Å². The van der Waals surface area contributed by atoms with Gasteiger partial charge >= 0.3 is 0 Å². The quantitative estimate of drug-likeness (QED) is 0.787. The first-order chi connectivity index (χ1) is 7.04. The van der Waals surface area contributed by atoms with Crippen LogP contribution in [-0.4, -0.2) is 23.7 Å². The second-order valence-electron chi connectivity index (χ2n) is 3.88. The fourth-order valence-electron chi connectivity index (χ4n) is 1.42. The SMILES string of the molecule is Cc1ccc(C(=O)N[C@@H](C)CO)c(C)c1. The number of amides is 1. The molecule has 15 heavy (non-hydrogen) atoms. The summed E-state index contributed by atoms with van der Waals surface area (Å²) in [5.41, 5.74) is 2.76. The van der Waals surface area contributed by atoms with Gasteiger partial charge in [0.1, 0.15) is 0 Å². The summed E-state index contributed by atoms with van der Waals surface area (Å²) in [7, 11) is 0. The zero-order valence-corrected chi connectivity index (χ0v) is 9.37. The molecule has 0 aromatic heterocycles. The van der Waals surface area contributed by atoms with Gasteiger partial charge in [-0.15, -0.1) is 0 Å². The van der Waals surface area contributed by atoms with Gasteiger partial charge in [0.05, 0.1) is 6.61 Å². The smallest absolute Gasteiger partial charge is 0.251 e. The van der Waals surface area contributed by atoms with E-state index in [1.165, 1.54) is 0 Å². The van der Waals surface area contributed by atoms with Crippen LogP contribution in [0.4, 0.5) is 0 Å². The van der Waals surface area contributed by atoms with E-state index < -0.39 is 0 Å². The number of rotatable bonds is 3.